The highest BCUT2D eigenvalue weighted by atomic mass is 19.4. The van der Waals surface area contributed by atoms with E-state index >= 15 is 0 Å². The molecule has 1 atom stereocenters. The highest BCUT2D eigenvalue weighted by Gasteiger charge is 2.40. The lowest BCUT2D eigenvalue weighted by molar-refractivity contribution is -0.176. The fourth-order valence-corrected chi connectivity index (χ4v) is 4.62. The van der Waals surface area contributed by atoms with Crippen LogP contribution in [0.1, 0.15) is 35.7 Å². The topological polar surface area (TPSA) is 25.2 Å². The molecule has 2 heterocycles. The van der Waals surface area contributed by atoms with Crippen LogP contribution in [0.3, 0.4) is 0 Å². The molecule has 1 aliphatic heterocycles. The Bertz CT molecular complexity index is 1180. The number of carbonyl (C=O) groups excluding carboxylic acids is 1. The third-order valence-electron chi connectivity index (χ3n) is 6.40. The molecule has 0 saturated heterocycles. The highest BCUT2D eigenvalue weighted by molar-refractivity contribution is 5.89. The van der Waals surface area contributed by atoms with Gasteiger partial charge in [-0.1, -0.05) is 55.5 Å². The van der Waals surface area contributed by atoms with Crippen LogP contribution in [-0.2, 0) is 36.9 Å². The molecule has 3 aromatic rings. The van der Waals surface area contributed by atoms with Crippen molar-refractivity contribution >= 4 is 16.8 Å². The molecule has 0 radical (unpaired) electrons. The minimum absolute atomic E-state index is 0.0276. The van der Waals surface area contributed by atoms with E-state index in [1.807, 2.05) is 30.3 Å². The minimum Gasteiger partial charge on any atom is -0.342 e. The number of aryl methyl sites for hydroxylation is 1. The molecule has 0 N–H and O–H groups in total. The molecule has 0 bridgehead atoms. The number of benzene rings is 2. The van der Waals surface area contributed by atoms with Gasteiger partial charge < -0.3 is 9.47 Å². The molecule has 34 heavy (non-hydrogen) atoms. The number of carbonyl (C=O) groups is 1. The van der Waals surface area contributed by atoms with Crippen LogP contribution >= 0.6 is 0 Å². The van der Waals surface area contributed by atoms with Gasteiger partial charge in [0.2, 0.25) is 5.91 Å². The Morgan fingerprint density at radius 2 is 1.65 bits per heavy atom. The Morgan fingerprint density at radius 1 is 0.941 bits per heavy atom. The Morgan fingerprint density at radius 3 is 2.29 bits per heavy atom. The predicted octanol–water partition coefficient (Wildman–Crippen LogP) is 6.38. The monoisotopic (exact) mass is 482 g/mol. The molecule has 182 valence electrons. The molecule has 1 unspecified atom stereocenters. The van der Waals surface area contributed by atoms with Crippen molar-refractivity contribution < 1.29 is 31.1 Å². The van der Waals surface area contributed by atoms with E-state index in [0.717, 1.165) is 12.5 Å². The van der Waals surface area contributed by atoms with Crippen LogP contribution in [-0.4, -0.2) is 28.1 Å². The van der Waals surface area contributed by atoms with Gasteiger partial charge in [0.15, 0.2) is 0 Å². The van der Waals surface area contributed by atoms with E-state index in [1.165, 1.54) is 17.0 Å². The van der Waals surface area contributed by atoms with Crippen molar-refractivity contribution in [2.75, 3.05) is 6.54 Å². The van der Waals surface area contributed by atoms with Crippen molar-refractivity contribution in [3.8, 4) is 0 Å². The third-order valence-corrected chi connectivity index (χ3v) is 6.40. The second-order valence-corrected chi connectivity index (χ2v) is 8.73. The summed E-state index contributed by atoms with van der Waals surface area (Å²) in [6.07, 6.45) is -9.19. The summed E-state index contributed by atoms with van der Waals surface area (Å²) >= 11 is 0. The molecule has 1 aromatic heterocycles. The quantitative estimate of drug-likeness (QED) is 0.388. The van der Waals surface area contributed by atoms with E-state index in [1.54, 1.807) is 10.6 Å². The lowest BCUT2D eigenvalue weighted by atomic mass is 10.0. The predicted molar refractivity (Wildman–Crippen MR) is 116 cm³/mol. The molecule has 9 heteroatoms. The van der Waals surface area contributed by atoms with E-state index in [2.05, 4.69) is 0 Å². The van der Waals surface area contributed by atoms with Gasteiger partial charge in [-0.2, -0.15) is 26.3 Å². The Hall–Kier alpha value is -2.97. The van der Waals surface area contributed by atoms with Gasteiger partial charge in [0.1, 0.15) is 0 Å². The Kier molecular flexibility index (Phi) is 6.40. The lowest BCUT2D eigenvalue weighted by Crippen LogP contribution is -2.35. The standard InChI is InChI=1S/C25H24F6N2O/c1-16(24(26,27)28)14-21(34)32-12-13-33-20(11-10-17-6-3-2-4-7-17)22(25(29,30)31)19-9-5-8-18(15-32)23(19)33/h2-9,16H,10-15H2,1H3. The number of halogens is 6. The first kappa shape index (κ1) is 24.2. The fourth-order valence-electron chi connectivity index (χ4n) is 4.62. The smallest absolute Gasteiger partial charge is 0.342 e. The highest BCUT2D eigenvalue weighted by Crippen LogP contribution is 2.42. The van der Waals surface area contributed by atoms with Crippen LogP contribution < -0.4 is 0 Å². The van der Waals surface area contributed by atoms with Gasteiger partial charge in [-0.3, -0.25) is 4.79 Å². The second-order valence-electron chi connectivity index (χ2n) is 8.73. The van der Waals surface area contributed by atoms with Crippen LogP contribution in [0, 0.1) is 5.92 Å². The molecular weight excluding hydrogens is 458 g/mol. The van der Waals surface area contributed by atoms with E-state index in [9.17, 15) is 31.1 Å². The number of alkyl halides is 6. The van der Waals surface area contributed by atoms with Gasteiger partial charge in [0.05, 0.1) is 17.0 Å². The van der Waals surface area contributed by atoms with Gasteiger partial charge in [0, 0.05) is 37.1 Å². The fraction of sp³-hybridized carbons (Fsp3) is 0.400. The maximum atomic E-state index is 14.2. The third kappa shape index (κ3) is 4.79. The van der Waals surface area contributed by atoms with Gasteiger partial charge in [-0.25, -0.2) is 0 Å². The first-order valence-corrected chi connectivity index (χ1v) is 11.1. The van der Waals surface area contributed by atoms with E-state index in [4.69, 9.17) is 0 Å². The first-order valence-electron chi connectivity index (χ1n) is 11.1. The van der Waals surface area contributed by atoms with Crippen molar-refractivity contribution in [3.05, 3.63) is 70.9 Å². The first-order chi connectivity index (χ1) is 16.0. The zero-order valence-corrected chi connectivity index (χ0v) is 18.5. The summed E-state index contributed by atoms with van der Waals surface area (Å²) in [6.45, 7) is 1.05. The normalized spacial score (nSPS) is 15.4. The molecule has 2 aromatic carbocycles. The van der Waals surface area contributed by atoms with E-state index in [0.29, 0.717) is 17.5 Å². The number of hydrogen-bond donors (Lipinski definition) is 0. The number of rotatable bonds is 5. The second kappa shape index (κ2) is 9.00. The largest absolute Gasteiger partial charge is 0.418 e. The summed E-state index contributed by atoms with van der Waals surface area (Å²) in [7, 11) is 0. The number of hydrogen-bond acceptors (Lipinski definition) is 1. The molecule has 4 rings (SSSR count). The Balaban J connectivity index is 1.71. The molecule has 0 spiro atoms. The maximum Gasteiger partial charge on any atom is 0.418 e. The molecular formula is C25H24F6N2O. The average Bonchev–Trinajstić information content (AvgIpc) is 2.95. The van der Waals surface area contributed by atoms with Crippen LogP contribution in [0.25, 0.3) is 10.9 Å². The number of nitrogens with zero attached hydrogens (tertiary/aromatic N) is 2. The van der Waals surface area contributed by atoms with Crippen LogP contribution in [0.2, 0.25) is 0 Å². The number of para-hydroxylation sites is 1. The van der Waals surface area contributed by atoms with Gasteiger partial charge in [-0.05, 0) is 24.0 Å². The summed E-state index contributed by atoms with van der Waals surface area (Å²) in [6, 6.07) is 13.8. The molecule has 0 aliphatic carbocycles. The summed E-state index contributed by atoms with van der Waals surface area (Å²) < 4.78 is 83.0. The van der Waals surface area contributed by atoms with Crippen molar-refractivity contribution in [1.29, 1.82) is 0 Å². The van der Waals surface area contributed by atoms with Crippen LogP contribution in [0.15, 0.2) is 48.5 Å². The summed E-state index contributed by atoms with van der Waals surface area (Å²) in [5.41, 5.74) is 1.26. The SMILES string of the molecule is CC(CC(=O)N1CCn2c(CCc3ccccc3)c(C(F)(F)F)c3cccc(c32)C1)C(F)(F)F. The molecule has 0 fully saturated rings. The minimum atomic E-state index is -4.56. The average molecular weight is 482 g/mol. The van der Waals surface area contributed by atoms with E-state index < -0.39 is 36.2 Å². The van der Waals surface area contributed by atoms with Gasteiger partial charge >= 0.3 is 12.4 Å². The van der Waals surface area contributed by atoms with Crippen molar-refractivity contribution in [2.24, 2.45) is 5.92 Å². The maximum absolute atomic E-state index is 14.2. The van der Waals surface area contributed by atoms with Gasteiger partial charge in [-0.15, -0.1) is 0 Å². The molecule has 1 amide bonds. The lowest BCUT2D eigenvalue weighted by Gasteiger charge is -2.24. The molecule has 1 aliphatic rings. The Labute approximate surface area is 193 Å². The number of aromatic nitrogens is 1. The van der Waals surface area contributed by atoms with Crippen molar-refractivity contribution in [2.45, 2.75) is 51.6 Å². The summed E-state index contributed by atoms with van der Waals surface area (Å²) in [5, 5.41) is 0.0611. The van der Waals surface area contributed by atoms with Crippen molar-refractivity contribution in [3.63, 3.8) is 0 Å². The van der Waals surface area contributed by atoms with Crippen LogP contribution in [0.5, 0.6) is 0 Å². The molecule has 3 nitrogen and oxygen atoms in total. The zero-order valence-electron chi connectivity index (χ0n) is 18.5. The molecule has 0 saturated carbocycles. The summed E-state index contributed by atoms with van der Waals surface area (Å²) in [4.78, 5) is 14.0. The van der Waals surface area contributed by atoms with Crippen LogP contribution in [0.4, 0.5) is 26.3 Å². The van der Waals surface area contributed by atoms with E-state index in [-0.39, 0.29) is 37.1 Å². The zero-order chi connectivity index (χ0) is 24.7. The van der Waals surface area contributed by atoms with Crippen molar-refractivity contribution in [1.82, 2.24) is 9.47 Å². The van der Waals surface area contributed by atoms with Gasteiger partial charge in [0.25, 0.3) is 0 Å². The summed E-state index contributed by atoms with van der Waals surface area (Å²) in [5.74, 6) is -2.45. The number of amides is 1.